The molecule has 1 atom stereocenters. The molecule has 0 aromatic heterocycles. The molecule has 0 heterocycles. The molecule has 0 bridgehead atoms. The number of carboxylic acid groups (broad SMARTS) is 1. The molecule has 8 nitrogen and oxygen atoms in total. The van der Waals surface area contributed by atoms with E-state index in [4.69, 9.17) is 14.1 Å². The molecule has 0 spiro atoms. The monoisotopic (exact) mass is 468 g/mol. The highest BCUT2D eigenvalue weighted by molar-refractivity contribution is 7.49. The van der Waals surface area contributed by atoms with Crippen LogP contribution in [-0.2, 0) is 24.7 Å². The third-order valence-corrected chi connectivity index (χ3v) is 5.90. The first-order valence-corrected chi connectivity index (χ1v) is 12.3. The average molecular weight is 469 g/mol. The van der Waals surface area contributed by atoms with Gasteiger partial charge in [0.1, 0.15) is 8.30 Å². The summed E-state index contributed by atoms with van der Waals surface area (Å²) in [5, 5.41) is 14.9. The molecule has 1 unspecified atom stereocenters. The van der Waals surface area contributed by atoms with E-state index in [1.807, 2.05) is 37.3 Å². The summed E-state index contributed by atoms with van der Waals surface area (Å²) < 4.78 is 11.3. The van der Waals surface area contributed by atoms with Crippen molar-refractivity contribution in [1.82, 2.24) is 5.09 Å². The zero-order valence-electron chi connectivity index (χ0n) is 19.7. The number of allylic oxidation sites excluding steroid dienone is 2. The number of nitrogens with one attached hydrogen (secondary N) is 2. The Morgan fingerprint density at radius 3 is 2.41 bits per heavy atom. The quantitative estimate of drug-likeness (QED) is 0.175. The van der Waals surface area contributed by atoms with E-state index in [2.05, 4.69) is 29.1 Å². The Hall–Kier alpha value is -2.12. The Labute approximate surface area is 193 Å². The summed E-state index contributed by atoms with van der Waals surface area (Å²) in [5.74, 6) is -0.121. The number of carboxylic acids is 1. The van der Waals surface area contributed by atoms with Crippen LogP contribution in [0.2, 0.25) is 0 Å². The Kier molecular flexibility index (Phi) is 18.3. The van der Waals surface area contributed by atoms with Crippen molar-refractivity contribution in [3.05, 3.63) is 42.0 Å². The van der Waals surface area contributed by atoms with Crippen LogP contribution < -0.4 is 16.1 Å². The standard InChI is InChI=1S/C22H33N2O5P.CH5N/c1-4-6-8-20(28-3)15-16-23-30(29-5-2)17-18-11-13-19(14-12-18)24-21(25)9-7-10-22(26)27;1-2/h6,8,11-14,23H,4-5,7,9-10,15-17H2,1-3H3,(H-,24,25,26,27);2H2,1H3/p+1/b8-6-;. The van der Waals surface area contributed by atoms with Gasteiger partial charge in [-0.05, 0) is 44.5 Å². The summed E-state index contributed by atoms with van der Waals surface area (Å²) in [6.45, 7) is 5.48. The zero-order chi connectivity index (χ0) is 24.2. The number of carbonyl (C=O) groups excluding carboxylic acids is 2. The van der Waals surface area contributed by atoms with E-state index < -0.39 is 14.3 Å². The van der Waals surface area contributed by atoms with E-state index in [0.29, 0.717) is 18.7 Å². The number of hydrogen-bond donors (Lipinski definition) is 4. The van der Waals surface area contributed by atoms with Gasteiger partial charge in [-0.25, -0.2) is 0 Å². The molecular formula is C23H39N3O5P+. The highest BCUT2D eigenvalue weighted by Gasteiger charge is 2.12. The molecule has 180 valence electrons. The highest BCUT2D eigenvalue weighted by atomic mass is 31.2. The van der Waals surface area contributed by atoms with Gasteiger partial charge in [-0.15, -0.1) is 0 Å². The maximum Gasteiger partial charge on any atom is 0.320 e. The molecule has 0 aliphatic heterocycles. The molecule has 0 aliphatic rings. The molecule has 1 rings (SSSR count). The molecule has 0 fully saturated rings. The number of benzene rings is 1. The average Bonchev–Trinajstić information content (AvgIpc) is 2.78. The number of carbonyl (C=O) groups is 2. The first-order chi connectivity index (χ1) is 15.5. The fraction of sp³-hybridized carbons (Fsp3) is 0.522. The molecule has 1 aromatic rings. The van der Waals surface area contributed by atoms with Gasteiger partial charge in [-0.3, -0.25) is 19.1 Å². The molecule has 9 heteroatoms. The topological polar surface area (TPSA) is 125 Å². The van der Waals surface area contributed by atoms with Crippen LogP contribution in [0.1, 0.15) is 51.5 Å². The van der Waals surface area contributed by atoms with Crippen LogP contribution in [-0.4, -0.2) is 50.1 Å². The normalized spacial score (nSPS) is 12.2. The maximum atomic E-state index is 11.9. The number of ketones is 1. The molecule has 0 aliphatic carbocycles. The third kappa shape index (κ3) is 14.8. The number of rotatable bonds is 15. The third-order valence-electron chi connectivity index (χ3n) is 4.10. The number of aliphatic carboxylic acids is 1. The molecular weight excluding hydrogens is 429 g/mol. The van der Waals surface area contributed by atoms with Gasteiger partial charge >= 0.3 is 11.8 Å². The van der Waals surface area contributed by atoms with Crippen LogP contribution in [0.4, 0.5) is 5.69 Å². The summed E-state index contributed by atoms with van der Waals surface area (Å²) in [4.78, 5) is 22.4. The van der Waals surface area contributed by atoms with Crippen molar-refractivity contribution in [2.45, 2.75) is 52.1 Å². The first-order valence-electron chi connectivity index (χ1n) is 10.9. The summed E-state index contributed by atoms with van der Waals surface area (Å²) in [6.07, 6.45) is 7.16. The van der Waals surface area contributed by atoms with Gasteiger partial charge in [0, 0.05) is 43.9 Å². The van der Waals surface area contributed by atoms with Crippen LogP contribution >= 0.6 is 8.30 Å². The number of anilines is 1. The van der Waals surface area contributed by atoms with Crippen molar-refractivity contribution < 1.29 is 23.6 Å². The zero-order valence-corrected chi connectivity index (χ0v) is 20.6. The van der Waals surface area contributed by atoms with Crippen LogP contribution in [0.5, 0.6) is 0 Å². The van der Waals surface area contributed by atoms with Crippen molar-refractivity contribution in [3.63, 3.8) is 0 Å². The van der Waals surface area contributed by atoms with Gasteiger partial charge in [0.2, 0.25) is 5.91 Å². The number of hydrogen-bond acceptors (Lipinski definition) is 5. The molecule has 0 saturated carbocycles. The molecule has 1 aromatic carbocycles. The maximum absolute atomic E-state index is 11.9. The van der Waals surface area contributed by atoms with Gasteiger partial charge in [-0.2, -0.15) is 0 Å². The van der Waals surface area contributed by atoms with E-state index in [-0.39, 0.29) is 18.7 Å². The van der Waals surface area contributed by atoms with E-state index in [1.165, 1.54) is 7.05 Å². The van der Waals surface area contributed by atoms with Crippen LogP contribution in [0.3, 0.4) is 0 Å². The van der Waals surface area contributed by atoms with Crippen molar-refractivity contribution in [3.8, 4) is 0 Å². The Morgan fingerprint density at radius 2 is 1.84 bits per heavy atom. The Bertz CT molecular complexity index is 708. The van der Waals surface area contributed by atoms with Gasteiger partial charge in [0.25, 0.3) is 7.11 Å². The summed E-state index contributed by atoms with van der Waals surface area (Å²) in [7, 11) is 2.38. The summed E-state index contributed by atoms with van der Waals surface area (Å²) >= 11 is 0. The fourth-order valence-electron chi connectivity index (χ4n) is 2.59. The van der Waals surface area contributed by atoms with Crippen LogP contribution in [0.25, 0.3) is 0 Å². The van der Waals surface area contributed by atoms with Gasteiger partial charge in [0.15, 0.2) is 0 Å². The van der Waals surface area contributed by atoms with E-state index in [0.717, 1.165) is 36.9 Å². The summed E-state index contributed by atoms with van der Waals surface area (Å²) in [5.41, 5.74) is 6.32. The SMILES string of the molecule is CC/C=C\C(CCNP(Cc1ccc(NC(=O)CCCC(=O)O)cc1)OCC)=[O+]C.CN. The van der Waals surface area contributed by atoms with Crippen molar-refractivity contribution in [2.24, 2.45) is 5.73 Å². The Morgan fingerprint density at radius 1 is 1.16 bits per heavy atom. The van der Waals surface area contributed by atoms with E-state index in [9.17, 15) is 9.59 Å². The van der Waals surface area contributed by atoms with E-state index in [1.54, 1.807) is 7.11 Å². The smallest absolute Gasteiger partial charge is 0.320 e. The lowest BCUT2D eigenvalue weighted by molar-refractivity contribution is -0.420. The van der Waals surface area contributed by atoms with Crippen molar-refractivity contribution >= 4 is 31.6 Å². The molecule has 1 amide bonds. The van der Waals surface area contributed by atoms with Crippen molar-refractivity contribution in [1.29, 1.82) is 0 Å². The Balaban J connectivity index is 0.00000466. The van der Waals surface area contributed by atoms with Gasteiger partial charge in [-0.1, -0.05) is 25.1 Å². The van der Waals surface area contributed by atoms with Gasteiger partial charge in [0.05, 0.1) is 6.42 Å². The van der Waals surface area contributed by atoms with Gasteiger partial charge < -0.3 is 20.7 Å². The second-order valence-electron chi connectivity index (χ2n) is 6.59. The minimum atomic E-state index is -0.889. The first kappa shape index (κ1) is 29.9. The predicted octanol–water partition coefficient (Wildman–Crippen LogP) is 3.98. The second-order valence-corrected chi connectivity index (χ2v) is 8.23. The highest BCUT2D eigenvalue weighted by Crippen LogP contribution is 2.36. The lowest BCUT2D eigenvalue weighted by Crippen LogP contribution is -2.15. The lowest BCUT2D eigenvalue weighted by Gasteiger charge is -2.18. The fourth-order valence-corrected chi connectivity index (χ4v) is 4.10. The van der Waals surface area contributed by atoms with Crippen LogP contribution in [0.15, 0.2) is 36.4 Å². The molecule has 0 saturated heterocycles. The molecule has 32 heavy (non-hydrogen) atoms. The summed E-state index contributed by atoms with van der Waals surface area (Å²) in [6, 6.07) is 7.66. The largest absolute Gasteiger partial charge is 0.481 e. The molecule has 5 N–H and O–H groups in total. The predicted molar refractivity (Wildman–Crippen MR) is 132 cm³/mol. The minimum absolute atomic E-state index is 0.00113. The minimum Gasteiger partial charge on any atom is -0.481 e. The van der Waals surface area contributed by atoms with Crippen LogP contribution in [0, 0.1) is 0 Å². The van der Waals surface area contributed by atoms with Crippen molar-refractivity contribution in [2.75, 3.05) is 32.6 Å². The number of nitrogens with two attached hydrogens (primary N) is 1. The van der Waals surface area contributed by atoms with E-state index >= 15 is 0 Å². The lowest BCUT2D eigenvalue weighted by atomic mass is 10.2. The molecule has 0 radical (unpaired) electrons. The second kappa shape index (κ2) is 19.6. The number of amides is 1.